The molecule has 3 heterocycles. The fourth-order valence-corrected chi connectivity index (χ4v) is 10.3. The number of hydrogen-bond acceptors (Lipinski definition) is 14. The summed E-state index contributed by atoms with van der Waals surface area (Å²) in [6.07, 6.45) is 3.23. The highest BCUT2D eigenvalue weighted by molar-refractivity contribution is 6.32. The average molecular weight is 1100 g/mol. The van der Waals surface area contributed by atoms with Crippen molar-refractivity contribution >= 4 is 70.5 Å². The summed E-state index contributed by atoms with van der Waals surface area (Å²) in [6, 6.07) is 9.90. The van der Waals surface area contributed by atoms with Crippen molar-refractivity contribution < 1.29 is 67.0 Å². The second-order valence-corrected chi connectivity index (χ2v) is 22.9. The van der Waals surface area contributed by atoms with Gasteiger partial charge >= 0.3 is 11.9 Å². The molecule has 2 aromatic rings. The Kier molecular flexibility index (Phi) is 20.6. The lowest BCUT2D eigenvalue weighted by atomic mass is 9.80. The summed E-state index contributed by atoms with van der Waals surface area (Å²) in [5.74, 6) is -5.78. The van der Waals surface area contributed by atoms with Gasteiger partial charge in [-0.3, -0.25) is 38.4 Å². The van der Waals surface area contributed by atoms with Gasteiger partial charge in [0, 0.05) is 63.2 Å². The molecule has 19 nitrogen and oxygen atoms in total. The summed E-state index contributed by atoms with van der Waals surface area (Å²) < 4.78 is 17.8. The van der Waals surface area contributed by atoms with Crippen LogP contribution < -0.4 is 26.0 Å². The van der Waals surface area contributed by atoms with E-state index in [1.807, 2.05) is 45.0 Å². The first-order valence-electron chi connectivity index (χ1n) is 27.1. The minimum Gasteiger partial charge on any atom is -0.495 e. The van der Waals surface area contributed by atoms with Crippen LogP contribution in [0.4, 0.5) is 0 Å². The zero-order valence-electron chi connectivity index (χ0n) is 46.2. The Morgan fingerprint density at radius 2 is 1.53 bits per heavy atom. The third-order valence-corrected chi connectivity index (χ3v) is 15.7. The maximum atomic E-state index is 14.2. The predicted molar refractivity (Wildman–Crippen MR) is 286 cm³/mol. The van der Waals surface area contributed by atoms with Crippen molar-refractivity contribution in [2.24, 2.45) is 29.1 Å². The first-order valence-corrected chi connectivity index (χ1v) is 27.5. The van der Waals surface area contributed by atoms with E-state index >= 15 is 0 Å². The number of amides is 6. The van der Waals surface area contributed by atoms with Crippen molar-refractivity contribution in [3.8, 4) is 5.75 Å². The number of halogens is 1. The van der Waals surface area contributed by atoms with Crippen molar-refractivity contribution in [1.29, 1.82) is 0 Å². The van der Waals surface area contributed by atoms with Crippen LogP contribution in [-0.4, -0.2) is 107 Å². The van der Waals surface area contributed by atoms with Gasteiger partial charge in [0.15, 0.2) is 5.78 Å². The average Bonchev–Trinajstić information content (AvgIpc) is 4.33. The Morgan fingerprint density at radius 3 is 2.14 bits per heavy atom. The number of aryl methyl sites for hydroxylation is 1. The maximum Gasteiger partial charge on any atom is 0.333 e. The molecule has 8 atom stereocenters. The molecule has 4 aliphatic rings. The smallest absolute Gasteiger partial charge is 0.333 e. The number of carbonyl (C=O) groups excluding carboxylic acids is 10. The van der Waals surface area contributed by atoms with Gasteiger partial charge in [0.05, 0.1) is 35.2 Å². The summed E-state index contributed by atoms with van der Waals surface area (Å²) in [6.45, 7) is 14.5. The molecule has 0 bridgehead atoms. The van der Waals surface area contributed by atoms with Gasteiger partial charge in [-0.05, 0) is 99.6 Å². The number of Topliss-reactive ketones (excluding diaryl/α,β-unsaturated/α-hetero) is 2. The van der Waals surface area contributed by atoms with Gasteiger partial charge < -0.3 is 40.3 Å². The molecule has 2 aromatic carbocycles. The highest BCUT2D eigenvalue weighted by Crippen LogP contribution is 2.50. The monoisotopic (exact) mass is 1100 g/mol. The van der Waals surface area contributed by atoms with Crippen LogP contribution in [0.5, 0.6) is 5.75 Å². The number of nitrogens with one attached hydrogen (secondary N) is 4. The van der Waals surface area contributed by atoms with Crippen LogP contribution in [0.25, 0.3) is 0 Å². The third-order valence-electron chi connectivity index (χ3n) is 15.4. The molecule has 2 saturated heterocycles. The number of imide groups is 1. The molecule has 3 aliphatic heterocycles. The molecule has 3 fully saturated rings. The minimum atomic E-state index is -1.16. The molecule has 20 heteroatoms. The Balaban J connectivity index is 1.05. The number of benzene rings is 2. The van der Waals surface area contributed by atoms with Crippen LogP contribution in [-0.2, 0) is 75.1 Å². The Labute approximate surface area is 461 Å². The van der Waals surface area contributed by atoms with Crippen LogP contribution in [0.15, 0.2) is 54.6 Å². The van der Waals surface area contributed by atoms with E-state index in [9.17, 15) is 47.9 Å². The van der Waals surface area contributed by atoms with E-state index < -0.39 is 88.5 Å². The van der Waals surface area contributed by atoms with Gasteiger partial charge in [0.2, 0.25) is 23.6 Å². The van der Waals surface area contributed by atoms with Crippen LogP contribution in [0, 0.1) is 29.1 Å². The maximum absolute atomic E-state index is 14.2. The Hall–Kier alpha value is -6.47. The molecule has 0 radical (unpaired) electrons. The van der Waals surface area contributed by atoms with Crippen molar-refractivity contribution in [3.05, 3.63) is 76.3 Å². The van der Waals surface area contributed by atoms with Crippen molar-refractivity contribution in [1.82, 2.24) is 26.3 Å². The highest BCUT2D eigenvalue weighted by Gasteiger charge is 2.60. The molecule has 1 aliphatic carbocycles. The first kappa shape index (κ1) is 60.8. The van der Waals surface area contributed by atoms with E-state index in [1.54, 1.807) is 58.9 Å². The topological polar surface area (TPSA) is 262 Å². The first-order chi connectivity index (χ1) is 36.8. The SMILES string of the molecule is COc1ccc(C[C@H]2NC(=O)/C=C/C[C@@H]([C@H](C)[C@H]3O[C@@H]3c3ccc(CCC(=O)[C@H](C)NC(=O)[C@@H](CC(=O)CCCC(=O)ON4C(=O)CCC4=O)C(C)C)cc3)OC(=O)[C@H](CC(C)C)NC(=O)C(C)(C)C3(CC3)NC2=O)cc1Cl. The van der Waals surface area contributed by atoms with E-state index in [0.717, 1.165) is 11.1 Å². The lowest BCUT2D eigenvalue weighted by Gasteiger charge is -2.36. The van der Waals surface area contributed by atoms with Crippen LogP contribution in [0.1, 0.15) is 149 Å². The fourth-order valence-electron chi connectivity index (χ4n) is 9.98. The quantitative estimate of drug-likeness (QED) is 0.0578. The molecule has 4 N–H and O–H groups in total. The summed E-state index contributed by atoms with van der Waals surface area (Å²) in [5.41, 5.74) is 0.324. The summed E-state index contributed by atoms with van der Waals surface area (Å²) in [5, 5.41) is 12.5. The lowest BCUT2D eigenvalue weighted by Crippen LogP contribution is -2.60. The van der Waals surface area contributed by atoms with Gasteiger partial charge in [0.1, 0.15) is 35.8 Å². The molecule has 0 aromatic heterocycles. The molecule has 0 unspecified atom stereocenters. The number of carbonyl (C=O) groups is 10. The largest absolute Gasteiger partial charge is 0.495 e. The van der Waals surface area contributed by atoms with E-state index in [4.69, 9.17) is 30.6 Å². The van der Waals surface area contributed by atoms with Crippen molar-refractivity contribution in [3.63, 3.8) is 0 Å². The second kappa shape index (κ2) is 26.5. The summed E-state index contributed by atoms with van der Waals surface area (Å²) in [4.78, 5) is 136. The van der Waals surface area contributed by atoms with E-state index in [2.05, 4.69) is 21.3 Å². The number of epoxide rings is 1. The number of rotatable bonds is 22. The molecule has 1 saturated carbocycles. The Bertz CT molecular complexity index is 2610. The van der Waals surface area contributed by atoms with Gasteiger partial charge in [-0.2, -0.15) is 0 Å². The fraction of sp³-hybridized carbons (Fsp3) is 0.586. The lowest BCUT2D eigenvalue weighted by molar-refractivity contribution is -0.197. The number of methoxy groups -OCH3 is 1. The van der Waals surface area contributed by atoms with Crippen molar-refractivity contribution in [2.75, 3.05) is 7.11 Å². The minimum absolute atomic E-state index is 0.00271. The third kappa shape index (κ3) is 15.9. The standard InChI is InChI=1S/C58H76ClN5O14/c1-32(2)28-43-55(73)76-45(13-11-14-47(67)61-42(30-37-19-23-46(75-9)41(59)29-37)54(72)63-58(26-27-58)57(7,8)56(74)62-43)34(5)51-52(77-51)38-20-16-36(17-21-38)18-22-44(66)35(6)60-53(71)40(33(3)4)31-39(65)12-10-15-50(70)78-64-48(68)24-25-49(64)69/h11,14,16-17,19-21,23,29,32-35,40,42-43,45,51-52H,10,12-13,15,18,22,24-28,30-31H2,1-9H3,(H,60,71)(H,61,67)(H,62,74)(H,63,72)/b14-11+/t34-,35-,40-,42+,43-,45-,51+,52+/m0/s1. The predicted octanol–water partition coefficient (Wildman–Crippen LogP) is 6.25. The molecule has 1 spiro atoms. The summed E-state index contributed by atoms with van der Waals surface area (Å²) in [7, 11) is 1.50. The number of nitrogens with zero attached hydrogens (tertiary/aromatic N) is 1. The van der Waals surface area contributed by atoms with Crippen LogP contribution >= 0.6 is 11.6 Å². The number of hydrogen-bond donors (Lipinski definition) is 4. The summed E-state index contributed by atoms with van der Waals surface area (Å²) >= 11 is 6.43. The number of cyclic esters (lactones) is 1. The van der Waals surface area contributed by atoms with Crippen LogP contribution in [0.3, 0.4) is 0 Å². The Morgan fingerprint density at radius 1 is 0.859 bits per heavy atom. The number of esters is 1. The zero-order chi connectivity index (χ0) is 57.2. The zero-order valence-corrected chi connectivity index (χ0v) is 47.0. The molecule has 6 rings (SSSR count). The van der Waals surface area contributed by atoms with E-state index in [-0.39, 0.29) is 99.3 Å². The second-order valence-electron chi connectivity index (χ2n) is 22.5. The number of ether oxygens (including phenoxy) is 3. The molecular weight excluding hydrogens is 1030 g/mol. The van der Waals surface area contributed by atoms with Crippen LogP contribution in [0.2, 0.25) is 5.02 Å². The molecule has 6 amide bonds. The van der Waals surface area contributed by atoms with Crippen molar-refractivity contribution in [2.45, 2.75) is 181 Å². The number of hydroxylamine groups is 2. The van der Waals surface area contributed by atoms with Gasteiger partial charge in [-0.25, -0.2) is 9.59 Å². The number of ketones is 2. The normalized spacial score (nSPS) is 23.8. The highest BCUT2D eigenvalue weighted by atomic mass is 35.5. The van der Waals surface area contributed by atoms with E-state index in [0.29, 0.717) is 47.1 Å². The van der Waals surface area contributed by atoms with E-state index in [1.165, 1.54) is 13.2 Å². The van der Waals surface area contributed by atoms with Gasteiger partial charge in [-0.15, -0.1) is 5.06 Å². The molecular formula is C58H76ClN5O14. The van der Waals surface area contributed by atoms with Gasteiger partial charge in [0.25, 0.3) is 11.8 Å². The molecule has 78 heavy (non-hydrogen) atoms. The van der Waals surface area contributed by atoms with Gasteiger partial charge in [-0.1, -0.05) is 82.6 Å². The molecule has 424 valence electrons.